The van der Waals surface area contributed by atoms with Crippen molar-refractivity contribution in [2.24, 2.45) is 0 Å². The first kappa shape index (κ1) is 13.4. The molecule has 4 heteroatoms. The number of nitrogens with zero attached hydrogens (tertiary/aromatic N) is 1. The van der Waals surface area contributed by atoms with Gasteiger partial charge >= 0.3 is 0 Å². The molecule has 0 N–H and O–H groups in total. The van der Waals surface area contributed by atoms with Crippen molar-refractivity contribution in [2.75, 3.05) is 7.11 Å². The van der Waals surface area contributed by atoms with Gasteiger partial charge in [0.05, 0.1) is 12.5 Å². The highest BCUT2D eigenvalue weighted by atomic mass is 79.9. The van der Waals surface area contributed by atoms with Crippen LogP contribution in [0.5, 0.6) is 5.75 Å². The molecule has 1 heterocycles. The number of rotatable bonds is 4. The van der Waals surface area contributed by atoms with Gasteiger partial charge < -0.3 is 4.74 Å². The van der Waals surface area contributed by atoms with Crippen LogP contribution in [0.15, 0.2) is 47.1 Å². The SMILES string of the molecule is COc1ccc(Br)cc1C(Cl)Cc1ccccn1. The van der Waals surface area contributed by atoms with E-state index in [0.717, 1.165) is 21.5 Å². The van der Waals surface area contributed by atoms with Crippen molar-refractivity contribution < 1.29 is 4.74 Å². The van der Waals surface area contributed by atoms with Crippen molar-refractivity contribution in [1.29, 1.82) is 0 Å². The van der Waals surface area contributed by atoms with Gasteiger partial charge in [-0.1, -0.05) is 22.0 Å². The van der Waals surface area contributed by atoms with Crippen LogP contribution in [0, 0.1) is 0 Å². The van der Waals surface area contributed by atoms with E-state index in [4.69, 9.17) is 16.3 Å². The molecule has 1 aromatic carbocycles. The lowest BCUT2D eigenvalue weighted by atomic mass is 10.1. The number of hydrogen-bond donors (Lipinski definition) is 0. The second kappa shape index (κ2) is 6.21. The summed E-state index contributed by atoms with van der Waals surface area (Å²) in [6, 6.07) is 11.7. The zero-order valence-corrected chi connectivity index (χ0v) is 12.3. The molecular weight excluding hydrogens is 314 g/mol. The van der Waals surface area contributed by atoms with Gasteiger partial charge in [-0.25, -0.2) is 0 Å². The third-order valence-electron chi connectivity index (χ3n) is 2.64. The lowest BCUT2D eigenvalue weighted by Gasteiger charge is -2.14. The summed E-state index contributed by atoms with van der Waals surface area (Å²) in [5.74, 6) is 0.800. The maximum absolute atomic E-state index is 6.46. The van der Waals surface area contributed by atoms with Crippen LogP contribution in [0.4, 0.5) is 0 Å². The largest absolute Gasteiger partial charge is 0.496 e. The molecule has 0 saturated heterocycles. The highest BCUT2D eigenvalue weighted by Gasteiger charge is 2.15. The Bertz CT molecular complexity index is 518. The smallest absolute Gasteiger partial charge is 0.123 e. The molecule has 0 fully saturated rings. The van der Waals surface area contributed by atoms with Crippen LogP contribution in [0.1, 0.15) is 16.6 Å². The monoisotopic (exact) mass is 325 g/mol. The number of benzene rings is 1. The van der Waals surface area contributed by atoms with Crippen LogP contribution >= 0.6 is 27.5 Å². The number of methoxy groups -OCH3 is 1. The maximum atomic E-state index is 6.46. The van der Waals surface area contributed by atoms with Gasteiger partial charge in [-0.05, 0) is 30.3 Å². The number of alkyl halides is 1. The molecule has 0 radical (unpaired) electrons. The van der Waals surface area contributed by atoms with Crippen LogP contribution in [-0.2, 0) is 6.42 Å². The van der Waals surface area contributed by atoms with Gasteiger partial charge in [0, 0.05) is 28.3 Å². The first-order chi connectivity index (χ1) is 8.70. The van der Waals surface area contributed by atoms with Crippen LogP contribution in [0.2, 0.25) is 0 Å². The molecule has 0 spiro atoms. The fourth-order valence-electron chi connectivity index (χ4n) is 1.76. The predicted octanol–water partition coefficient (Wildman–Crippen LogP) is 4.38. The summed E-state index contributed by atoms with van der Waals surface area (Å²) in [5, 5.41) is -0.160. The van der Waals surface area contributed by atoms with Crippen LogP contribution in [0.3, 0.4) is 0 Å². The molecule has 0 amide bonds. The molecule has 0 aliphatic heterocycles. The Morgan fingerprint density at radius 1 is 1.33 bits per heavy atom. The van der Waals surface area contributed by atoms with Gasteiger partial charge in [0.25, 0.3) is 0 Å². The summed E-state index contributed by atoms with van der Waals surface area (Å²) in [6.45, 7) is 0. The zero-order chi connectivity index (χ0) is 13.0. The van der Waals surface area contributed by atoms with Crippen molar-refractivity contribution in [1.82, 2.24) is 4.98 Å². The summed E-state index contributed by atoms with van der Waals surface area (Å²) in [6.07, 6.45) is 2.45. The number of halogens is 2. The van der Waals surface area contributed by atoms with E-state index >= 15 is 0 Å². The van der Waals surface area contributed by atoms with Gasteiger partial charge in [-0.3, -0.25) is 4.98 Å². The minimum absolute atomic E-state index is 0.160. The Labute approximate surface area is 120 Å². The van der Waals surface area contributed by atoms with E-state index < -0.39 is 0 Å². The number of ether oxygens (including phenoxy) is 1. The lowest BCUT2D eigenvalue weighted by Crippen LogP contribution is -2.00. The van der Waals surface area contributed by atoms with E-state index in [0.29, 0.717) is 6.42 Å². The van der Waals surface area contributed by atoms with E-state index in [1.807, 2.05) is 36.4 Å². The van der Waals surface area contributed by atoms with Gasteiger partial charge in [-0.2, -0.15) is 0 Å². The molecule has 0 aliphatic rings. The highest BCUT2D eigenvalue weighted by Crippen LogP contribution is 2.34. The third-order valence-corrected chi connectivity index (χ3v) is 3.53. The molecule has 1 aromatic heterocycles. The fourth-order valence-corrected chi connectivity index (χ4v) is 2.47. The molecule has 18 heavy (non-hydrogen) atoms. The van der Waals surface area contributed by atoms with Crippen molar-refractivity contribution in [3.63, 3.8) is 0 Å². The predicted molar refractivity (Wildman–Crippen MR) is 77.2 cm³/mol. The van der Waals surface area contributed by atoms with Crippen molar-refractivity contribution in [2.45, 2.75) is 11.8 Å². The van der Waals surface area contributed by atoms with Crippen LogP contribution in [0.25, 0.3) is 0 Å². The lowest BCUT2D eigenvalue weighted by molar-refractivity contribution is 0.409. The molecule has 2 aromatic rings. The summed E-state index contributed by atoms with van der Waals surface area (Å²) >= 11 is 9.91. The Hall–Kier alpha value is -1.06. The Morgan fingerprint density at radius 2 is 2.17 bits per heavy atom. The summed E-state index contributed by atoms with van der Waals surface area (Å²) < 4.78 is 6.32. The van der Waals surface area contributed by atoms with Crippen LogP contribution in [-0.4, -0.2) is 12.1 Å². The van der Waals surface area contributed by atoms with Crippen molar-refractivity contribution >= 4 is 27.5 Å². The normalized spacial score (nSPS) is 12.2. The molecule has 1 unspecified atom stereocenters. The average Bonchev–Trinajstić information content (AvgIpc) is 2.40. The Morgan fingerprint density at radius 3 is 2.83 bits per heavy atom. The minimum Gasteiger partial charge on any atom is -0.496 e. The molecule has 2 nitrogen and oxygen atoms in total. The number of hydrogen-bond acceptors (Lipinski definition) is 2. The second-order valence-corrected chi connectivity index (χ2v) is 5.32. The Balaban J connectivity index is 2.23. The highest BCUT2D eigenvalue weighted by molar-refractivity contribution is 9.10. The number of aromatic nitrogens is 1. The zero-order valence-electron chi connectivity index (χ0n) is 9.94. The van der Waals surface area contributed by atoms with E-state index in [-0.39, 0.29) is 5.38 Å². The van der Waals surface area contributed by atoms with E-state index in [1.54, 1.807) is 13.3 Å². The Kier molecular flexibility index (Phi) is 4.61. The van der Waals surface area contributed by atoms with E-state index in [9.17, 15) is 0 Å². The fraction of sp³-hybridized carbons (Fsp3) is 0.214. The van der Waals surface area contributed by atoms with Gasteiger partial charge in [0.15, 0.2) is 0 Å². The van der Waals surface area contributed by atoms with Gasteiger partial charge in [-0.15, -0.1) is 11.6 Å². The average molecular weight is 327 g/mol. The van der Waals surface area contributed by atoms with Gasteiger partial charge in [0.2, 0.25) is 0 Å². The first-order valence-corrected chi connectivity index (χ1v) is 6.81. The topological polar surface area (TPSA) is 22.1 Å². The first-order valence-electron chi connectivity index (χ1n) is 5.58. The van der Waals surface area contributed by atoms with Crippen molar-refractivity contribution in [3.05, 3.63) is 58.3 Å². The van der Waals surface area contributed by atoms with Crippen molar-refractivity contribution in [3.8, 4) is 5.75 Å². The van der Waals surface area contributed by atoms with Gasteiger partial charge in [0.1, 0.15) is 5.75 Å². The van der Waals surface area contributed by atoms with E-state index in [2.05, 4.69) is 20.9 Å². The quantitative estimate of drug-likeness (QED) is 0.778. The molecular formula is C14H13BrClNO. The molecule has 94 valence electrons. The maximum Gasteiger partial charge on any atom is 0.123 e. The molecule has 0 saturated carbocycles. The number of pyridine rings is 1. The molecule has 1 atom stereocenters. The third kappa shape index (κ3) is 3.24. The summed E-state index contributed by atoms with van der Waals surface area (Å²) in [5.41, 5.74) is 1.94. The molecule has 0 aliphatic carbocycles. The molecule has 2 rings (SSSR count). The minimum atomic E-state index is -0.160. The van der Waals surface area contributed by atoms with E-state index in [1.165, 1.54) is 0 Å². The second-order valence-electron chi connectivity index (χ2n) is 3.88. The molecule has 0 bridgehead atoms. The summed E-state index contributed by atoms with van der Waals surface area (Å²) in [7, 11) is 1.65. The summed E-state index contributed by atoms with van der Waals surface area (Å²) in [4.78, 5) is 4.29. The van der Waals surface area contributed by atoms with Crippen LogP contribution < -0.4 is 4.74 Å². The standard InChI is InChI=1S/C14H13BrClNO/c1-18-14-6-5-10(15)8-12(14)13(16)9-11-4-2-3-7-17-11/h2-8,13H,9H2,1H3.